The van der Waals surface area contributed by atoms with Crippen molar-refractivity contribution in [3.8, 4) is 0 Å². The number of rotatable bonds is 8. The van der Waals surface area contributed by atoms with Crippen LogP contribution in [0, 0.1) is 0 Å². The van der Waals surface area contributed by atoms with E-state index in [2.05, 4.69) is 19.9 Å². The van der Waals surface area contributed by atoms with Crippen LogP contribution in [0.2, 0.25) is 5.02 Å². The van der Waals surface area contributed by atoms with E-state index in [0.717, 1.165) is 29.0 Å². The van der Waals surface area contributed by atoms with Crippen LogP contribution in [0.3, 0.4) is 0 Å². The van der Waals surface area contributed by atoms with Crippen LogP contribution in [-0.2, 0) is 17.8 Å². The molecule has 4 rings (SSSR count). The maximum absolute atomic E-state index is 12.6. The highest BCUT2D eigenvalue weighted by Gasteiger charge is 2.17. The van der Waals surface area contributed by atoms with Crippen molar-refractivity contribution in [1.29, 1.82) is 0 Å². The van der Waals surface area contributed by atoms with Crippen molar-refractivity contribution >= 4 is 28.5 Å². The van der Waals surface area contributed by atoms with E-state index in [-0.39, 0.29) is 11.8 Å². The van der Waals surface area contributed by atoms with Gasteiger partial charge in [0.1, 0.15) is 5.82 Å². The molecule has 1 amide bonds. The van der Waals surface area contributed by atoms with E-state index in [1.807, 2.05) is 73.1 Å². The number of halogens is 1. The Bertz CT molecular complexity index is 1040. The average Bonchev–Trinajstić information content (AvgIpc) is 3.37. The molecule has 1 atom stereocenters. The van der Waals surface area contributed by atoms with Gasteiger partial charge in [-0.25, -0.2) is 4.98 Å². The Morgan fingerprint density at radius 2 is 1.83 bits per heavy atom. The van der Waals surface area contributed by atoms with Gasteiger partial charge in [-0.1, -0.05) is 35.9 Å². The molecule has 0 saturated heterocycles. The molecule has 0 aliphatic carbocycles. The van der Waals surface area contributed by atoms with E-state index in [1.54, 1.807) is 0 Å². The van der Waals surface area contributed by atoms with Crippen LogP contribution < -0.4 is 5.32 Å². The normalized spacial score (nSPS) is 12.2. The predicted molar refractivity (Wildman–Crippen MR) is 116 cm³/mol. The number of hydrogen-bond acceptors (Lipinski definition) is 2. The van der Waals surface area contributed by atoms with Crippen molar-refractivity contribution < 1.29 is 4.79 Å². The summed E-state index contributed by atoms with van der Waals surface area (Å²) < 4.78 is 2.10. The smallest absolute Gasteiger partial charge is 0.220 e. The highest BCUT2D eigenvalue weighted by molar-refractivity contribution is 6.30. The molecule has 0 radical (unpaired) electrons. The number of hydrogen-bond donors (Lipinski definition) is 2. The van der Waals surface area contributed by atoms with Gasteiger partial charge in [0.15, 0.2) is 0 Å². The molecule has 0 saturated carbocycles. The van der Waals surface area contributed by atoms with Gasteiger partial charge >= 0.3 is 0 Å². The van der Waals surface area contributed by atoms with Crippen molar-refractivity contribution in [3.63, 3.8) is 0 Å². The molecule has 29 heavy (non-hydrogen) atoms. The molecular formula is C23H23ClN4O. The zero-order valence-electron chi connectivity index (χ0n) is 16.0. The summed E-state index contributed by atoms with van der Waals surface area (Å²) in [6, 6.07) is 19.7. The third kappa shape index (κ3) is 5.06. The largest absolute Gasteiger partial charge is 0.356 e. The second kappa shape index (κ2) is 8.97. The van der Waals surface area contributed by atoms with Gasteiger partial charge in [-0.2, -0.15) is 0 Å². The number of carbonyl (C=O) groups excluding carboxylic acids is 1. The van der Waals surface area contributed by atoms with E-state index in [9.17, 15) is 4.79 Å². The molecule has 2 N–H and O–H groups in total. The topological polar surface area (TPSA) is 62.7 Å². The fourth-order valence-electron chi connectivity index (χ4n) is 3.51. The fraction of sp³-hybridized carbons (Fsp3) is 0.217. The highest BCUT2D eigenvalue weighted by atomic mass is 35.5. The minimum Gasteiger partial charge on any atom is -0.356 e. The molecule has 148 valence electrons. The summed E-state index contributed by atoms with van der Waals surface area (Å²) in [5, 5.41) is 3.73. The molecule has 0 aliphatic rings. The molecule has 5 nitrogen and oxygen atoms in total. The SMILES string of the molecule is O=C(CC(Cn1cccc1)c1ccc(Cl)cc1)NCCc1nc2ccccc2[nH]1. The van der Waals surface area contributed by atoms with Crippen LogP contribution in [0.4, 0.5) is 0 Å². The standard InChI is InChI=1S/C23H23ClN4O/c24-19-9-7-17(8-10-19)18(16-28-13-3-4-14-28)15-23(29)25-12-11-22-26-20-5-1-2-6-21(20)27-22/h1-10,13-14,18H,11-12,15-16H2,(H,25,29)(H,26,27). The summed E-state index contributed by atoms with van der Waals surface area (Å²) in [5.74, 6) is 0.993. The maximum Gasteiger partial charge on any atom is 0.220 e. The molecule has 4 aromatic rings. The lowest BCUT2D eigenvalue weighted by molar-refractivity contribution is -0.121. The molecule has 0 bridgehead atoms. The average molecular weight is 407 g/mol. The predicted octanol–water partition coefficient (Wildman–Crippen LogP) is 4.55. The Labute approximate surface area is 174 Å². The van der Waals surface area contributed by atoms with E-state index in [0.29, 0.717) is 24.4 Å². The van der Waals surface area contributed by atoms with E-state index in [4.69, 9.17) is 11.6 Å². The second-order valence-corrected chi connectivity index (χ2v) is 7.57. The summed E-state index contributed by atoms with van der Waals surface area (Å²) in [6.07, 6.45) is 5.12. The Kier molecular flexibility index (Phi) is 5.96. The second-order valence-electron chi connectivity index (χ2n) is 7.13. The fourth-order valence-corrected chi connectivity index (χ4v) is 3.64. The number of aromatic nitrogens is 3. The van der Waals surface area contributed by atoms with Crippen molar-refractivity contribution in [2.75, 3.05) is 6.54 Å². The first kappa shape index (κ1) is 19.3. The highest BCUT2D eigenvalue weighted by Crippen LogP contribution is 2.24. The Hall–Kier alpha value is -3.05. The number of nitrogens with zero attached hydrogens (tertiary/aromatic N) is 2. The van der Waals surface area contributed by atoms with Crippen LogP contribution in [0.15, 0.2) is 73.1 Å². The van der Waals surface area contributed by atoms with Crippen molar-refractivity contribution in [1.82, 2.24) is 19.9 Å². The van der Waals surface area contributed by atoms with Gasteiger partial charge in [0.2, 0.25) is 5.91 Å². The van der Waals surface area contributed by atoms with Crippen LogP contribution in [0.25, 0.3) is 11.0 Å². The first-order valence-electron chi connectivity index (χ1n) is 9.74. The molecular weight excluding hydrogens is 384 g/mol. The first-order chi connectivity index (χ1) is 14.2. The number of benzene rings is 2. The number of amides is 1. The molecule has 2 aromatic carbocycles. The van der Waals surface area contributed by atoms with E-state index >= 15 is 0 Å². The maximum atomic E-state index is 12.6. The molecule has 6 heteroatoms. The lowest BCUT2D eigenvalue weighted by atomic mass is 9.95. The summed E-state index contributed by atoms with van der Waals surface area (Å²) >= 11 is 6.03. The first-order valence-corrected chi connectivity index (χ1v) is 10.1. The van der Waals surface area contributed by atoms with Gasteiger partial charge in [-0.05, 0) is 42.0 Å². The van der Waals surface area contributed by atoms with Crippen LogP contribution >= 0.6 is 11.6 Å². The van der Waals surface area contributed by atoms with Gasteiger partial charge in [0.25, 0.3) is 0 Å². The van der Waals surface area contributed by atoms with Crippen LogP contribution in [0.5, 0.6) is 0 Å². The summed E-state index contributed by atoms with van der Waals surface area (Å²) in [6.45, 7) is 1.29. The van der Waals surface area contributed by atoms with Crippen molar-refractivity contribution in [3.05, 3.63) is 89.5 Å². The minimum atomic E-state index is 0.0354. The van der Waals surface area contributed by atoms with Gasteiger partial charge in [-0.15, -0.1) is 0 Å². The molecule has 2 aromatic heterocycles. The van der Waals surface area contributed by atoms with Crippen molar-refractivity contribution in [2.45, 2.75) is 25.3 Å². The zero-order valence-corrected chi connectivity index (χ0v) is 16.8. The lowest BCUT2D eigenvalue weighted by Gasteiger charge is -2.18. The Balaban J connectivity index is 1.36. The minimum absolute atomic E-state index is 0.0354. The van der Waals surface area contributed by atoms with Gasteiger partial charge in [-0.3, -0.25) is 4.79 Å². The quantitative estimate of drug-likeness (QED) is 0.451. The van der Waals surface area contributed by atoms with Gasteiger partial charge in [0.05, 0.1) is 11.0 Å². The summed E-state index contributed by atoms with van der Waals surface area (Å²) in [5.41, 5.74) is 3.07. The van der Waals surface area contributed by atoms with E-state index in [1.165, 1.54) is 0 Å². The number of para-hydroxylation sites is 2. The molecule has 0 fully saturated rings. The number of aromatic amines is 1. The number of H-pyrrole nitrogens is 1. The molecule has 0 aliphatic heterocycles. The summed E-state index contributed by atoms with van der Waals surface area (Å²) in [7, 11) is 0. The third-order valence-electron chi connectivity index (χ3n) is 4.99. The number of fused-ring (bicyclic) bond motifs is 1. The third-order valence-corrected chi connectivity index (χ3v) is 5.24. The number of imidazole rings is 1. The lowest BCUT2D eigenvalue weighted by Crippen LogP contribution is -2.28. The Morgan fingerprint density at radius 1 is 1.07 bits per heavy atom. The number of carbonyl (C=O) groups is 1. The molecule has 2 heterocycles. The van der Waals surface area contributed by atoms with Gasteiger partial charge in [0, 0.05) is 49.3 Å². The Morgan fingerprint density at radius 3 is 2.59 bits per heavy atom. The molecule has 0 spiro atoms. The van der Waals surface area contributed by atoms with E-state index < -0.39 is 0 Å². The van der Waals surface area contributed by atoms with Crippen molar-refractivity contribution in [2.24, 2.45) is 0 Å². The monoisotopic (exact) mass is 406 g/mol. The van der Waals surface area contributed by atoms with Crippen LogP contribution in [-0.4, -0.2) is 27.0 Å². The zero-order chi connectivity index (χ0) is 20.1. The molecule has 1 unspecified atom stereocenters. The summed E-state index contributed by atoms with van der Waals surface area (Å²) in [4.78, 5) is 20.5. The van der Waals surface area contributed by atoms with Gasteiger partial charge < -0.3 is 14.9 Å². The number of nitrogens with one attached hydrogen (secondary N) is 2. The van der Waals surface area contributed by atoms with Crippen LogP contribution in [0.1, 0.15) is 23.7 Å².